The van der Waals surface area contributed by atoms with Crippen LogP contribution in [0, 0.1) is 5.41 Å². The lowest BCUT2D eigenvalue weighted by Crippen LogP contribution is -2.31. The Hall–Kier alpha value is -1.38. The molecule has 0 saturated heterocycles. The predicted molar refractivity (Wildman–Crippen MR) is 54.8 cm³/mol. The van der Waals surface area contributed by atoms with E-state index < -0.39 is 22.6 Å². The molecule has 2 N–H and O–H groups in total. The summed E-state index contributed by atoms with van der Waals surface area (Å²) >= 11 is 0.341. The third-order valence-corrected chi connectivity index (χ3v) is 2.85. The number of nitrogens with zero attached hydrogens (tertiary/aromatic N) is 2. The fraction of sp³-hybridized carbons (Fsp3) is 0.625. The van der Waals surface area contributed by atoms with E-state index in [2.05, 4.69) is 15.5 Å². The summed E-state index contributed by atoms with van der Waals surface area (Å²) in [7, 11) is 0. The van der Waals surface area contributed by atoms with Crippen molar-refractivity contribution in [2.75, 3.05) is 11.9 Å². The van der Waals surface area contributed by atoms with E-state index >= 15 is 0 Å². The van der Waals surface area contributed by atoms with Crippen molar-refractivity contribution in [1.29, 1.82) is 0 Å². The quantitative estimate of drug-likeness (QED) is 0.875. The number of halogens is 3. The highest BCUT2D eigenvalue weighted by Gasteiger charge is 2.36. The molecule has 0 bridgehead atoms. The van der Waals surface area contributed by atoms with Crippen LogP contribution in [-0.2, 0) is 11.0 Å². The molecule has 0 unspecified atom stereocenters. The van der Waals surface area contributed by atoms with Crippen molar-refractivity contribution in [3.05, 3.63) is 5.01 Å². The Kier molecular flexibility index (Phi) is 3.60. The van der Waals surface area contributed by atoms with Gasteiger partial charge >= 0.3 is 12.1 Å². The standard InChI is InChI=1S/C8H10F3N3O2S/c1-7(2,5(15)16)3-12-6-14-13-4(17-6)8(9,10)11/h3H2,1-2H3,(H,12,14)(H,15,16). The second-order valence-corrected chi connectivity index (χ2v) is 4.93. The monoisotopic (exact) mass is 269 g/mol. The van der Waals surface area contributed by atoms with E-state index in [9.17, 15) is 18.0 Å². The van der Waals surface area contributed by atoms with Gasteiger partial charge < -0.3 is 10.4 Å². The summed E-state index contributed by atoms with van der Waals surface area (Å²) in [5, 5.41) is 16.5. The van der Waals surface area contributed by atoms with Gasteiger partial charge in [-0.25, -0.2) is 0 Å². The maximum absolute atomic E-state index is 12.2. The molecule has 0 aliphatic carbocycles. The van der Waals surface area contributed by atoms with E-state index in [0.29, 0.717) is 11.3 Å². The first kappa shape index (κ1) is 13.7. The Bertz CT molecular complexity index is 416. The molecule has 0 radical (unpaired) electrons. The van der Waals surface area contributed by atoms with Crippen molar-refractivity contribution in [2.24, 2.45) is 5.41 Å². The van der Waals surface area contributed by atoms with Gasteiger partial charge in [0.25, 0.3) is 0 Å². The van der Waals surface area contributed by atoms with Crippen LogP contribution in [0.25, 0.3) is 0 Å². The van der Waals surface area contributed by atoms with Crippen molar-refractivity contribution in [3.8, 4) is 0 Å². The lowest BCUT2D eigenvalue weighted by atomic mass is 9.94. The minimum Gasteiger partial charge on any atom is -0.481 e. The number of aromatic nitrogens is 2. The van der Waals surface area contributed by atoms with Gasteiger partial charge in [0.15, 0.2) is 0 Å². The lowest BCUT2D eigenvalue weighted by molar-refractivity contribution is -0.146. The number of anilines is 1. The fourth-order valence-electron chi connectivity index (χ4n) is 0.781. The number of carbonyl (C=O) groups is 1. The molecule has 96 valence electrons. The molecule has 5 nitrogen and oxygen atoms in total. The number of rotatable bonds is 4. The highest BCUT2D eigenvalue weighted by molar-refractivity contribution is 7.15. The van der Waals surface area contributed by atoms with Crippen molar-refractivity contribution < 1.29 is 23.1 Å². The Labute approximate surface area is 98.7 Å². The summed E-state index contributed by atoms with van der Waals surface area (Å²) in [6.07, 6.45) is -4.53. The Morgan fingerprint density at radius 1 is 1.41 bits per heavy atom. The highest BCUT2D eigenvalue weighted by atomic mass is 32.1. The second kappa shape index (κ2) is 4.47. The molecule has 1 rings (SSSR count). The van der Waals surface area contributed by atoms with Crippen molar-refractivity contribution in [1.82, 2.24) is 10.2 Å². The van der Waals surface area contributed by atoms with E-state index in [1.165, 1.54) is 13.8 Å². The van der Waals surface area contributed by atoms with Crippen LogP contribution in [0.5, 0.6) is 0 Å². The Morgan fingerprint density at radius 2 is 2.00 bits per heavy atom. The summed E-state index contributed by atoms with van der Waals surface area (Å²) in [6, 6.07) is 0. The van der Waals surface area contributed by atoms with Crippen LogP contribution in [-0.4, -0.2) is 27.8 Å². The number of aliphatic carboxylic acids is 1. The van der Waals surface area contributed by atoms with Gasteiger partial charge in [-0.1, -0.05) is 11.3 Å². The number of nitrogens with one attached hydrogen (secondary N) is 1. The molecule has 0 fully saturated rings. The summed E-state index contributed by atoms with van der Waals surface area (Å²) in [5.74, 6) is -1.05. The van der Waals surface area contributed by atoms with Gasteiger partial charge in [0.1, 0.15) is 0 Å². The molecule has 0 atom stereocenters. The first-order valence-electron chi connectivity index (χ1n) is 4.51. The minimum absolute atomic E-state index is 0.0329. The lowest BCUT2D eigenvalue weighted by Gasteiger charge is -2.18. The molecule has 0 spiro atoms. The molecule has 1 aromatic heterocycles. The molecule has 9 heteroatoms. The van der Waals surface area contributed by atoms with Crippen LogP contribution in [0.2, 0.25) is 0 Å². The predicted octanol–water partition coefficient (Wildman–Crippen LogP) is 2.08. The average Bonchev–Trinajstić information content (AvgIpc) is 2.62. The topological polar surface area (TPSA) is 75.1 Å². The zero-order valence-corrected chi connectivity index (χ0v) is 9.82. The maximum atomic E-state index is 12.2. The van der Waals surface area contributed by atoms with E-state index in [-0.39, 0.29) is 11.7 Å². The van der Waals surface area contributed by atoms with E-state index in [0.717, 1.165) is 0 Å². The smallest absolute Gasteiger partial charge is 0.445 e. The van der Waals surface area contributed by atoms with Crippen LogP contribution in [0.1, 0.15) is 18.9 Å². The van der Waals surface area contributed by atoms with Crippen molar-refractivity contribution in [3.63, 3.8) is 0 Å². The number of hydrogen-bond donors (Lipinski definition) is 2. The SMILES string of the molecule is CC(C)(CNc1nnc(C(F)(F)F)s1)C(=O)O. The van der Waals surface area contributed by atoms with Crippen LogP contribution in [0.3, 0.4) is 0 Å². The first-order chi connectivity index (χ1) is 7.63. The van der Waals surface area contributed by atoms with Gasteiger partial charge in [-0.05, 0) is 13.8 Å². The molecule has 1 aromatic rings. The van der Waals surface area contributed by atoms with Gasteiger partial charge in [-0.3, -0.25) is 4.79 Å². The van der Waals surface area contributed by atoms with Crippen LogP contribution in [0.15, 0.2) is 0 Å². The van der Waals surface area contributed by atoms with Gasteiger partial charge in [-0.2, -0.15) is 13.2 Å². The van der Waals surface area contributed by atoms with Crippen LogP contribution < -0.4 is 5.32 Å². The molecule has 0 aliphatic heterocycles. The summed E-state index contributed by atoms with van der Waals surface area (Å²) in [6.45, 7) is 2.87. The highest BCUT2D eigenvalue weighted by Crippen LogP contribution is 2.33. The first-order valence-corrected chi connectivity index (χ1v) is 5.32. The molecule has 17 heavy (non-hydrogen) atoms. The van der Waals surface area contributed by atoms with Crippen LogP contribution in [0.4, 0.5) is 18.3 Å². The number of alkyl halides is 3. The van der Waals surface area contributed by atoms with Crippen LogP contribution >= 0.6 is 11.3 Å². The third kappa shape index (κ3) is 3.55. The van der Waals surface area contributed by atoms with E-state index in [1.54, 1.807) is 0 Å². The van der Waals surface area contributed by atoms with E-state index in [4.69, 9.17) is 5.11 Å². The summed E-state index contributed by atoms with van der Waals surface area (Å²) in [5.41, 5.74) is -1.09. The number of hydrogen-bond acceptors (Lipinski definition) is 5. The molecular weight excluding hydrogens is 259 g/mol. The Morgan fingerprint density at radius 3 is 2.41 bits per heavy atom. The Balaban J connectivity index is 2.66. The van der Waals surface area contributed by atoms with Gasteiger partial charge in [0.05, 0.1) is 5.41 Å². The number of carboxylic acids is 1. The number of carboxylic acid groups (broad SMARTS) is 1. The molecule has 0 saturated carbocycles. The van der Waals surface area contributed by atoms with E-state index in [1.807, 2.05) is 0 Å². The van der Waals surface area contributed by atoms with Gasteiger partial charge in [0.2, 0.25) is 10.1 Å². The molecule has 0 amide bonds. The zero-order chi connectivity index (χ0) is 13.3. The molecular formula is C8H10F3N3O2S. The van der Waals surface area contributed by atoms with Gasteiger partial charge in [-0.15, -0.1) is 10.2 Å². The summed E-state index contributed by atoms with van der Waals surface area (Å²) in [4.78, 5) is 10.8. The zero-order valence-electron chi connectivity index (χ0n) is 9.00. The fourth-order valence-corrected chi connectivity index (χ4v) is 1.39. The maximum Gasteiger partial charge on any atom is 0.445 e. The second-order valence-electron chi connectivity index (χ2n) is 3.95. The van der Waals surface area contributed by atoms with Gasteiger partial charge in [0, 0.05) is 6.54 Å². The van der Waals surface area contributed by atoms with Crippen molar-refractivity contribution in [2.45, 2.75) is 20.0 Å². The summed E-state index contributed by atoms with van der Waals surface area (Å²) < 4.78 is 36.6. The minimum atomic E-state index is -4.53. The normalized spacial score (nSPS) is 12.5. The average molecular weight is 269 g/mol. The molecule has 1 heterocycles. The third-order valence-electron chi connectivity index (χ3n) is 1.93. The van der Waals surface area contributed by atoms with Crippen molar-refractivity contribution >= 4 is 22.4 Å². The molecule has 0 aromatic carbocycles. The molecule has 0 aliphatic rings. The largest absolute Gasteiger partial charge is 0.481 e.